The van der Waals surface area contributed by atoms with E-state index >= 15 is 0 Å². The molecule has 2 heterocycles. The van der Waals surface area contributed by atoms with Gasteiger partial charge in [0.2, 0.25) is 0 Å². The van der Waals surface area contributed by atoms with Crippen molar-refractivity contribution in [3.63, 3.8) is 0 Å². The first-order valence-electron chi connectivity index (χ1n) is 6.06. The number of hydrogen-bond donors (Lipinski definition) is 0. The highest BCUT2D eigenvalue weighted by molar-refractivity contribution is 5.22. The van der Waals surface area contributed by atoms with Crippen LogP contribution >= 0.6 is 0 Å². The molecule has 0 aromatic carbocycles. The fourth-order valence-electron chi connectivity index (χ4n) is 2.73. The fraction of sp³-hybridized carbons (Fsp3) is 0.667. The highest BCUT2D eigenvalue weighted by Crippen LogP contribution is 2.32. The highest BCUT2D eigenvalue weighted by atomic mass is 16.5. The van der Waals surface area contributed by atoms with Crippen LogP contribution < -0.4 is 0 Å². The van der Waals surface area contributed by atoms with Crippen molar-refractivity contribution in [1.82, 2.24) is 14.9 Å². The molecule has 4 nitrogen and oxygen atoms in total. The van der Waals surface area contributed by atoms with E-state index in [0.717, 1.165) is 32.7 Å². The normalized spacial score (nSPS) is 26.4. The van der Waals surface area contributed by atoms with Gasteiger partial charge in [0.05, 0.1) is 24.9 Å². The molecule has 1 atom stereocenters. The second-order valence-corrected chi connectivity index (χ2v) is 4.49. The van der Waals surface area contributed by atoms with E-state index in [9.17, 15) is 0 Å². The van der Waals surface area contributed by atoms with Gasteiger partial charge in [0.15, 0.2) is 0 Å². The van der Waals surface area contributed by atoms with E-state index in [-0.39, 0.29) is 0 Å². The smallest absolute Gasteiger partial charge is 0.115 e. The van der Waals surface area contributed by atoms with Crippen molar-refractivity contribution in [3.05, 3.63) is 23.8 Å². The van der Waals surface area contributed by atoms with Gasteiger partial charge in [0, 0.05) is 19.3 Å². The summed E-state index contributed by atoms with van der Waals surface area (Å²) >= 11 is 0. The molecule has 0 bridgehead atoms. The average Bonchev–Trinajstić information content (AvgIpc) is 2.39. The predicted octanol–water partition coefficient (Wildman–Crippen LogP) is 1.19. The molecule has 1 aliphatic heterocycles. The number of aryl methyl sites for hydroxylation is 1. The molecule has 3 rings (SSSR count). The summed E-state index contributed by atoms with van der Waals surface area (Å²) in [6.07, 6.45) is 7.27. The summed E-state index contributed by atoms with van der Waals surface area (Å²) in [4.78, 5) is 11.1. The maximum atomic E-state index is 5.40. The van der Waals surface area contributed by atoms with Crippen molar-refractivity contribution in [3.8, 4) is 0 Å². The minimum Gasteiger partial charge on any atom is -0.379 e. The van der Waals surface area contributed by atoms with Crippen LogP contribution in [0.15, 0.2) is 12.5 Å². The van der Waals surface area contributed by atoms with Gasteiger partial charge < -0.3 is 4.74 Å². The van der Waals surface area contributed by atoms with Gasteiger partial charge in [0.25, 0.3) is 0 Å². The maximum Gasteiger partial charge on any atom is 0.115 e. The van der Waals surface area contributed by atoms with Crippen LogP contribution in [0.3, 0.4) is 0 Å². The van der Waals surface area contributed by atoms with Crippen LogP contribution in [0.1, 0.15) is 30.1 Å². The van der Waals surface area contributed by atoms with E-state index in [2.05, 4.69) is 14.9 Å². The Morgan fingerprint density at radius 3 is 3.06 bits per heavy atom. The van der Waals surface area contributed by atoms with Gasteiger partial charge in [-0.1, -0.05) is 0 Å². The Bertz CT molecular complexity index is 363. The Morgan fingerprint density at radius 2 is 2.19 bits per heavy atom. The van der Waals surface area contributed by atoms with Gasteiger partial charge in [-0.15, -0.1) is 0 Å². The first-order chi connectivity index (χ1) is 7.95. The van der Waals surface area contributed by atoms with Gasteiger partial charge in [-0.3, -0.25) is 4.90 Å². The molecule has 2 aliphatic rings. The SMILES string of the molecule is c1ncc2c(n1)C(N1CCOCC1)CCC2. The number of nitrogens with zero attached hydrogens (tertiary/aromatic N) is 3. The minimum atomic E-state index is 0.496. The second kappa shape index (κ2) is 4.47. The van der Waals surface area contributed by atoms with Crippen molar-refractivity contribution in [2.75, 3.05) is 26.3 Å². The zero-order chi connectivity index (χ0) is 10.8. The van der Waals surface area contributed by atoms with Gasteiger partial charge in [-0.25, -0.2) is 9.97 Å². The Balaban J connectivity index is 1.86. The first kappa shape index (κ1) is 10.2. The number of ether oxygens (including phenoxy) is 1. The van der Waals surface area contributed by atoms with E-state index in [1.165, 1.54) is 24.1 Å². The Kier molecular flexibility index (Phi) is 2.84. The van der Waals surface area contributed by atoms with Crippen LogP contribution in [0, 0.1) is 0 Å². The van der Waals surface area contributed by atoms with Gasteiger partial charge in [-0.2, -0.15) is 0 Å². The van der Waals surface area contributed by atoms with Crippen LogP contribution in [0.5, 0.6) is 0 Å². The molecular weight excluding hydrogens is 202 g/mol. The fourth-order valence-corrected chi connectivity index (χ4v) is 2.73. The summed E-state index contributed by atoms with van der Waals surface area (Å²) in [7, 11) is 0. The molecule has 1 unspecified atom stereocenters. The number of aromatic nitrogens is 2. The lowest BCUT2D eigenvalue weighted by atomic mass is 9.91. The third-order valence-corrected chi connectivity index (χ3v) is 3.55. The Morgan fingerprint density at radius 1 is 1.31 bits per heavy atom. The number of rotatable bonds is 1. The largest absolute Gasteiger partial charge is 0.379 e. The molecule has 0 saturated carbocycles. The van der Waals surface area contributed by atoms with Crippen LogP contribution in [0.4, 0.5) is 0 Å². The molecule has 1 aliphatic carbocycles. The molecule has 1 saturated heterocycles. The average molecular weight is 219 g/mol. The summed E-state index contributed by atoms with van der Waals surface area (Å²) in [6.45, 7) is 3.79. The summed E-state index contributed by atoms with van der Waals surface area (Å²) in [6, 6.07) is 0.496. The lowest BCUT2D eigenvalue weighted by Gasteiger charge is -2.36. The molecule has 0 N–H and O–H groups in total. The zero-order valence-corrected chi connectivity index (χ0v) is 9.43. The van der Waals surface area contributed by atoms with Crippen molar-refractivity contribution < 1.29 is 4.74 Å². The lowest BCUT2D eigenvalue weighted by molar-refractivity contribution is 0.0114. The minimum absolute atomic E-state index is 0.496. The zero-order valence-electron chi connectivity index (χ0n) is 9.43. The summed E-state index contributed by atoms with van der Waals surface area (Å²) < 4.78 is 5.40. The highest BCUT2D eigenvalue weighted by Gasteiger charge is 2.28. The molecular formula is C12H17N3O. The van der Waals surface area contributed by atoms with E-state index in [1.54, 1.807) is 6.33 Å². The Labute approximate surface area is 95.7 Å². The first-order valence-corrected chi connectivity index (χ1v) is 6.06. The monoisotopic (exact) mass is 219 g/mol. The number of hydrogen-bond acceptors (Lipinski definition) is 4. The topological polar surface area (TPSA) is 38.2 Å². The van der Waals surface area contributed by atoms with Crippen LogP contribution in [-0.2, 0) is 11.2 Å². The molecule has 1 aromatic heterocycles. The molecule has 0 spiro atoms. The Hall–Kier alpha value is -1.00. The predicted molar refractivity (Wildman–Crippen MR) is 60.1 cm³/mol. The van der Waals surface area contributed by atoms with Gasteiger partial charge in [-0.05, 0) is 24.8 Å². The maximum absolute atomic E-state index is 5.40. The van der Waals surface area contributed by atoms with Crippen molar-refractivity contribution in [2.24, 2.45) is 0 Å². The summed E-state index contributed by atoms with van der Waals surface area (Å²) in [5, 5.41) is 0. The number of morpholine rings is 1. The van der Waals surface area contributed by atoms with Crippen molar-refractivity contribution in [2.45, 2.75) is 25.3 Å². The second-order valence-electron chi connectivity index (χ2n) is 4.49. The summed E-state index contributed by atoms with van der Waals surface area (Å²) in [5.41, 5.74) is 2.59. The molecule has 0 radical (unpaired) electrons. The third kappa shape index (κ3) is 1.83. The molecule has 0 amide bonds. The van der Waals surface area contributed by atoms with E-state index in [1.807, 2.05) is 6.20 Å². The van der Waals surface area contributed by atoms with Gasteiger partial charge in [0.1, 0.15) is 6.33 Å². The molecule has 1 aromatic rings. The molecule has 4 heteroatoms. The standard InChI is InChI=1S/C12H17N3O/c1-2-10-8-13-9-14-12(10)11(3-1)15-4-6-16-7-5-15/h8-9,11H,1-7H2. The van der Waals surface area contributed by atoms with Gasteiger partial charge >= 0.3 is 0 Å². The van der Waals surface area contributed by atoms with Crippen LogP contribution in [-0.4, -0.2) is 41.2 Å². The van der Waals surface area contributed by atoms with Crippen LogP contribution in [0.25, 0.3) is 0 Å². The molecule has 16 heavy (non-hydrogen) atoms. The molecule has 1 fully saturated rings. The van der Waals surface area contributed by atoms with Crippen molar-refractivity contribution >= 4 is 0 Å². The van der Waals surface area contributed by atoms with E-state index < -0.39 is 0 Å². The van der Waals surface area contributed by atoms with E-state index in [4.69, 9.17) is 4.74 Å². The lowest BCUT2D eigenvalue weighted by Crippen LogP contribution is -2.40. The van der Waals surface area contributed by atoms with Crippen molar-refractivity contribution in [1.29, 1.82) is 0 Å². The number of fused-ring (bicyclic) bond motifs is 1. The van der Waals surface area contributed by atoms with E-state index in [0.29, 0.717) is 6.04 Å². The quantitative estimate of drug-likeness (QED) is 0.711. The third-order valence-electron chi connectivity index (χ3n) is 3.55. The molecule has 86 valence electrons. The van der Waals surface area contributed by atoms with Crippen LogP contribution in [0.2, 0.25) is 0 Å². The summed E-state index contributed by atoms with van der Waals surface area (Å²) in [5.74, 6) is 0.